The molecule has 1 fully saturated rings. The highest BCUT2D eigenvalue weighted by Crippen LogP contribution is 2.23. The summed E-state index contributed by atoms with van der Waals surface area (Å²) < 4.78 is 16.7. The van der Waals surface area contributed by atoms with Crippen LogP contribution in [0, 0.1) is 0 Å². The Morgan fingerprint density at radius 1 is 0.420 bits per heavy atom. The van der Waals surface area contributed by atoms with E-state index in [0.717, 1.165) is 70.6 Å². The summed E-state index contributed by atoms with van der Waals surface area (Å²) >= 11 is 0. The van der Waals surface area contributed by atoms with Crippen LogP contribution in [0.25, 0.3) is 0 Å². The summed E-state index contributed by atoms with van der Waals surface area (Å²) in [7, 11) is 0. The highest BCUT2D eigenvalue weighted by Gasteiger charge is 2.44. The summed E-state index contributed by atoms with van der Waals surface area (Å²) in [5, 5.41) is 54.4. The Hall–Kier alpha value is -2.64. The van der Waals surface area contributed by atoms with Crippen molar-refractivity contribution in [2.45, 2.75) is 397 Å². The van der Waals surface area contributed by atoms with E-state index in [0.29, 0.717) is 19.4 Å². The minimum absolute atomic E-state index is 0.000951. The molecule has 0 aromatic rings. The van der Waals surface area contributed by atoms with Crippen LogP contribution >= 0.6 is 0 Å². The summed E-state index contributed by atoms with van der Waals surface area (Å²) in [6, 6.07) is -0.808. The van der Waals surface area contributed by atoms with Gasteiger partial charge in [-0.25, -0.2) is 0 Å². The zero-order chi connectivity index (χ0) is 63.7. The van der Waals surface area contributed by atoms with E-state index in [-0.39, 0.29) is 18.5 Å². The fourth-order valence-electron chi connectivity index (χ4n) is 11.7. The van der Waals surface area contributed by atoms with Crippen LogP contribution in [0.15, 0.2) is 60.8 Å². The summed E-state index contributed by atoms with van der Waals surface area (Å²) in [5.41, 5.74) is 0. The van der Waals surface area contributed by atoms with E-state index < -0.39 is 49.5 Å². The molecule has 0 aliphatic carbocycles. The van der Waals surface area contributed by atoms with Crippen molar-refractivity contribution in [3.05, 3.63) is 60.8 Å². The third-order valence-electron chi connectivity index (χ3n) is 17.6. The maximum atomic E-state index is 13.0. The van der Waals surface area contributed by atoms with Crippen molar-refractivity contribution >= 4 is 11.9 Å². The van der Waals surface area contributed by atoms with Gasteiger partial charge >= 0.3 is 5.97 Å². The van der Waals surface area contributed by atoms with E-state index in [4.69, 9.17) is 14.2 Å². The predicted octanol–water partition coefficient (Wildman–Crippen LogP) is 19.7. The molecular weight excluding hydrogens is 1100 g/mol. The van der Waals surface area contributed by atoms with E-state index in [1.54, 1.807) is 6.08 Å². The number of carbonyl (C=O) groups excluding carboxylic acids is 2. The number of hydrogen-bond donors (Lipinski definition) is 6. The fourth-order valence-corrected chi connectivity index (χ4v) is 11.7. The number of aliphatic hydroxyl groups is 5. The first-order valence-electron chi connectivity index (χ1n) is 37.6. The maximum Gasteiger partial charge on any atom is 0.305 e. The lowest BCUT2D eigenvalue weighted by atomic mass is 9.99. The van der Waals surface area contributed by atoms with Crippen molar-refractivity contribution in [2.24, 2.45) is 0 Å². The Kier molecular flexibility index (Phi) is 62.4. The zero-order valence-corrected chi connectivity index (χ0v) is 57.2. The second-order valence-electron chi connectivity index (χ2n) is 26.0. The average molecular weight is 1240 g/mol. The van der Waals surface area contributed by atoms with Crippen LogP contribution in [0.4, 0.5) is 0 Å². The van der Waals surface area contributed by atoms with E-state index in [1.807, 2.05) is 6.08 Å². The molecule has 0 spiro atoms. The summed E-state index contributed by atoms with van der Waals surface area (Å²) in [4.78, 5) is 25.1. The zero-order valence-electron chi connectivity index (χ0n) is 57.2. The Labute approximate surface area is 541 Å². The van der Waals surface area contributed by atoms with Crippen LogP contribution in [0.5, 0.6) is 0 Å². The highest BCUT2D eigenvalue weighted by atomic mass is 16.7. The van der Waals surface area contributed by atoms with E-state index in [1.165, 1.54) is 257 Å². The normalized spacial score (nSPS) is 18.1. The quantitative estimate of drug-likeness (QED) is 0.0195. The first-order valence-corrected chi connectivity index (χ1v) is 37.6. The van der Waals surface area contributed by atoms with Gasteiger partial charge in [-0.1, -0.05) is 306 Å². The molecule has 0 aromatic heterocycles. The van der Waals surface area contributed by atoms with Gasteiger partial charge in [-0.2, -0.15) is 0 Å². The standard InChI is InChI=1S/C77H141NO10/c1-3-5-7-9-11-13-15-16-17-35-39-42-45-49-53-57-61-65-73(82)86-66-62-58-54-50-46-43-40-37-34-32-30-28-26-24-22-20-18-19-21-23-25-27-29-31-33-36-38-41-44-48-52-56-60-64-72(81)78-69(68-87-77-76(85)75(84)74(83)71(67-79)88-77)70(80)63-59-55-51-47-14-12-10-8-6-4-2/h11,13,16-17,22,24,28,30,59,63,69-71,74-77,79-80,83-85H,3-10,12,14-15,18-21,23,25-27,29,31-58,60-62,64-68H2,1-2H3,(H,78,81)/b13-11-,17-16-,24-22-,30-28-,63-59+. The number of esters is 1. The van der Waals surface area contributed by atoms with E-state index >= 15 is 0 Å². The molecule has 7 atom stereocenters. The van der Waals surface area contributed by atoms with Crippen molar-refractivity contribution in [1.29, 1.82) is 0 Å². The maximum absolute atomic E-state index is 13.0. The first kappa shape index (κ1) is 83.4. The minimum Gasteiger partial charge on any atom is -0.466 e. The van der Waals surface area contributed by atoms with E-state index in [2.05, 4.69) is 67.8 Å². The average Bonchev–Trinajstić information content (AvgIpc) is 1.96. The van der Waals surface area contributed by atoms with Gasteiger partial charge in [0.05, 0.1) is 32.0 Å². The van der Waals surface area contributed by atoms with Gasteiger partial charge in [0.25, 0.3) is 0 Å². The second kappa shape index (κ2) is 65.8. The van der Waals surface area contributed by atoms with Crippen molar-refractivity contribution in [2.75, 3.05) is 19.8 Å². The molecule has 514 valence electrons. The minimum atomic E-state index is -1.57. The van der Waals surface area contributed by atoms with E-state index in [9.17, 15) is 35.1 Å². The molecule has 0 saturated carbocycles. The number of rotatable bonds is 66. The van der Waals surface area contributed by atoms with Gasteiger partial charge in [0.1, 0.15) is 24.4 Å². The predicted molar refractivity (Wildman–Crippen MR) is 370 cm³/mol. The molecule has 88 heavy (non-hydrogen) atoms. The number of nitrogens with one attached hydrogen (secondary N) is 1. The van der Waals surface area contributed by atoms with Crippen LogP contribution in [-0.4, -0.2) is 100 Å². The molecule has 1 saturated heterocycles. The molecule has 11 heteroatoms. The van der Waals surface area contributed by atoms with Crippen LogP contribution < -0.4 is 5.32 Å². The summed E-state index contributed by atoms with van der Waals surface area (Å²) in [6.45, 7) is 4.32. The number of aliphatic hydroxyl groups excluding tert-OH is 5. The molecule has 11 nitrogen and oxygen atoms in total. The van der Waals surface area contributed by atoms with Crippen LogP contribution in [0.2, 0.25) is 0 Å². The van der Waals surface area contributed by atoms with Gasteiger partial charge < -0.3 is 45.1 Å². The third-order valence-corrected chi connectivity index (χ3v) is 17.6. The lowest BCUT2D eigenvalue weighted by Crippen LogP contribution is -2.60. The second-order valence-corrected chi connectivity index (χ2v) is 26.0. The number of amides is 1. The molecule has 1 heterocycles. The molecule has 6 N–H and O–H groups in total. The largest absolute Gasteiger partial charge is 0.466 e. The SMILES string of the molecule is CCCCC/C=C\C/C=C\CCCCCCCCCC(=O)OCCCCCCCCCCC/C=C\C/C=C\CCCCCCCCCCCCCCCCCCCC(=O)NC(COC1OC(CO)C(O)C(O)C1O)C(O)/C=C/CCCCCCCCCC. The van der Waals surface area contributed by atoms with Crippen molar-refractivity contribution in [3.63, 3.8) is 0 Å². The van der Waals surface area contributed by atoms with Gasteiger partial charge in [-0.3, -0.25) is 9.59 Å². The van der Waals surface area contributed by atoms with Crippen LogP contribution in [-0.2, 0) is 23.8 Å². The molecule has 0 aromatic carbocycles. The summed E-state index contributed by atoms with van der Waals surface area (Å²) in [5.74, 6) is -0.181. The van der Waals surface area contributed by atoms with Crippen LogP contribution in [0.1, 0.15) is 354 Å². The molecule has 1 amide bonds. The van der Waals surface area contributed by atoms with Gasteiger partial charge in [0.2, 0.25) is 5.91 Å². The monoisotopic (exact) mass is 1240 g/mol. The first-order chi connectivity index (χ1) is 43.2. The molecule has 1 aliphatic heterocycles. The van der Waals surface area contributed by atoms with Gasteiger partial charge in [0, 0.05) is 12.8 Å². The smallest absolute Gasteiger partial charge is 0.305 e. The molecular formula is C77H141NO10. The topological polar surface area (TPSA) is 175 Å². The van der Waals surface area contributed by atoms with Gasteiger partial charge in [0.15, 0.2) is 6.29 Å². The lowest BCUT2D eigenvalue weighted by Gasteiger charge is -2.40. The van der Waals surface area contributed by atoms with Crippen molar-refractivity contribution in [1.82, 2.24) is 5.32 Å². The molecule has 1 rings (SSSR count). The van der Waals surface area contributed by atoms with Crippen LogP contribution in [0.3, 0.4) is 0 Å². The van der Waals surface area contributed by atoms with Gasteiger partial charge in [-0.05, 0) is 96.3 Å². The Bertz CT molecular complexity index is 1650. The fraction of sp³-hybridized carbons (Fsp3) is 0.844. The number of unbranched alkanes of at least 4 members (excludes halogenated alkanes) is 44. The molecule has 0 radical (unpaired) electrons. The van der Waals surface area contributed by atoms with Crippen molar-refractivity contribution in [3.8, 4) is 0 Å². The number of allylic oxidation sites excluding steroid dienone is 9. The molecule has 7 unspecified atom stereocenters. The molecule has 1 aliphatic rings. The third kappa shape index (κ3) is 54.0. The Morgan fingerprint density at radius 3 is 1.17 bits per heavy atom. The Morgan fingerprint density at radius 2 is 0.761 bits per heavy atom. The number of carbonyl (C=O) groups is 2. The van der Waals surface area contributed by atoms with Gasteiger partial charge in [-0.15, -0.1) is 0 Å². The summed E-state index contributed by atoms with van der Waals surface area (Å²) in [6.07, 6.45) is 78.1. The highest BCUT2D eigenvalue weighted by molar-refractivity contribution is 5.76. The lowest BCUT2D eigenvalue weighted by molar-refractivity contribution is -0.302. The number of ether oxygens (including phenoxy) is 3. The molecule has 0 bridgehead atoms. The Balaban J connectivity index is 1.91. The van der Waals surface area contributed by atoms with Crippen molar-refractivity contribution < 1.29 is 49.3 Å². The number of hydrogen-bond acceptors (Lipinski definition) is 10.